The van der Waals surface area contributed by atoms with E-state index < -0.39 is 35.5 Å². The molecule has 1 heterocycles. The second-order valence-electron chi connectivity index (χ2n) is 6.02. The minimum Gasteiger partial charge on any atom is -0.342 e. The van der Waals surface area contributed by atoms with Gasteiger partial charge in [0.15, 0.2) is 0 Å². The maximum Gasteiger partial charge on any atom is 0.409 e. The van der Waals surface area contributed by atoms with Gasteiger partial charge < -0.3 is 10.6 Å². The minimum absolute atomic E-state index is 0.392. The largest absolute Gasteiger partial charge is 0.409 e. The van der Waals surface area contributed by atoms with E-state index in [2.05, 4.69) is 5.32 Å². The molecule has 0 unspecified atom stereocenters. The first kappa shape index (κ1) is 18.5. The second-order valence-corrected chi connectivity index (χ2v) is 6.97. The lowest BCUT2D eigenvalue weighted by Gasteiger charge is -2.33. The maximum atomic E-state index is 13.0. The van der Waals surface area contributed by atoms with Crippen molar-refractivity contribution in [2.24, 2.45) is 5.41 Å². The van der Waals surface area contributed by atoms with E-state index in [4.69, 9.17) is 0 Å². The van der Waals surface area contributed by atoms with E-state index in [9.17, 15) is 22.8 Å². The smallest absolute Gasteiger partial charge is 0.342 e. The Morgan fingerprint density at radius 1 is 1.18 bits per heavy atom. The molecule has 0 aliphatic heterocycles. The lowest BCUT2D eigenvalue weighted by Crippen LogP contribution is -2.57. The van der Waals surface area contributed by atoms with Gasteiger partial charge in [0.2, 0.25) is 5.91 Å². The Morgan fingerprint density at radius 3 is 2.18 bits per heavy atom. The summed E-state index contributed by atoms with van der Waals surface area (Å²) in [7, 11) is 0. The molecule has 2 amide bonds. The molecule has 4 nitrogen and oxygen atoms in total. The number of rotatable bonds is 4. The van der Waals surface area contributed by atoms with Crippen LogP contribution >= 0.6 is 11.3 Å². The number of hydrogen-bond donors (Lipinski definition) is 2. The molecule has 0 saturated carbocycles. The minimum atomic E-state index is -4.56. The average molecular weight is 336 g/mol. The van der Waals surface area contributed by atoms with Gasteiger partial charge in [-0.15, -0.1) is 11.3 Å². The van der Waals surface area contributed by atoms with Crippen LogP contribution < -0.4 is 10.6 Å². The van der Waals surface area contributed by atoms with Crippen LogP contribution in [0.25, 0.3) is 0 Å². The summed E-state index contributed by atoms with van der Waals surface area (Å²) < 4.78 is 39.1. The molecule has 1 aromatic rings. The van der Waals surface area contributed by atoms with Crippen molar-refractivity contribution in [2.75, 3.05) is 0 Å². The highest BCUT2D eigenvalue weighted by molar-refractivity contribution is 7.12. The summed E-state index contributed by atoms with van der Waals surface area (Å²) in [4.78, 5) is 24.1. The van der Waals surface area contributed by atoms with Gasteiger partial charge in [-0.05, 0) is 23.8 Å². The lowest BCUT2D eigenvalue weighted by molar-refractivity contribution is -0.181. The topological polar surface area (TPSA) is 58.2 Å². The average Bonchev–Trinajstić information content (AvgIpc) is 2.86. The van der Waals surface area contributed by atoms with E-state index >= 15 is 0 Å². The third-order valence-corrected chi connectivity index (χ3v) is 3.83. The number of alkyl halides is 3. The fourth-order valence-electron chi connectivity index (χ4n) is 1.80. The predicted molar refractivity (Wildman–Crippen MR) is 78.7 cm³/mol. The molecule has 2 atom stereocenters. The third kappa shape index (κ3) is 5.01. The van der Waals surface area contributed by atoms with Crippen molar-refractivity contribution in [2.45, 2.75) is 46.0 Å². The van der Waals surface area contributed by atoms with Gasteiger partial charge in [-0.1, -0.05) is 26.8 Å². The summed E-state index contributed by atoms with van der Waals surface area (Å²) in [5.41, 5.74) is -1.19. The normalized spacial score (nSPS) is 15.0. The molecule has 0 fully saturated rings. The molecule has 2 N–H and O–H groups in total. The molecular weight excluding hydrogens is 317 g/mol. The van der Waals surface area contributed by atoms with E-state index in [0.29, 0.717) is 4.88 Å². The van der Waals surface area contributed by atoms with Crippen molar-refractivity contribution in [3.05, 3.63) is 22.4 Å². The predicted octanol–water partition coefficient (Wildman–Crippen LogP) is 2.96. The summed E-state index contributed by atoms with van der Waals surface area (Å²) >= 11 is 1.18. The molecule has 1 rings (SSSR count). The van der Waals surface area contributed by atoms with Gasteiger partial charge >= 0.3 is 6.18 Å². The Morgan fingerprint density at radius 2 is 1.77 bits per heavy atom. The first-order valence-electron chi connectivity index (χ1n) is 6.64. The van der Waals surface area contributed by atoms with E-state index in [1.807, 2.05) is 5.32 Å². The molecule has 22 heavy (non-hydrogen) atoms. The highest BCUT2D eigenvalue weighted by atomic mass is 32.1. The fraction of sp³-hybridized carbons (Fsp3) is 0.571. The van der Waals surface area contributed by atoms with Crippen molar-refractivity contribution in [1.29, 1.82) is 0 Å². The second kappa shape index (κ2) is 6.68. The van der Waals surface area contributed by atoms with E-state index in [-0.39, 0.29) is 0 Å². The van der Waals surface area contributed by atoms with Crippen LogP contribution in [0.5, 0.6) is 0 Å². The van der Waals surface area contributed by atoms with Crippen molar-refractivity contribution in [1.82, 2.24) is 10.6 Å². The Kier molecular flexibility index (Phi) is 5.61. The van der Waals surface area contributed by atoms with E-state index in [0.717, 1.165) is 0 Å². The molecule has 0 spiro atoms. The highest BCUT2D eigenvalue weighted by Crippen LogP contribution is 2.33. The quantitative estimate of drug-likeness (QED) is 0.888. The van der Waals surface area contributed by atoms with Gasteiger partial charge in [0.25, 0.3) is 5.91 Å². The fourth-order valence-corrected chi connectivity index (χ4v) is 2.42. The Labute approximate surface area is 131 Å². The maximum absolute atomic E-state index is 13.0. The first-order valence-corrected chi connectivity index (χ1v) is 7.52. The zero-order valence-electron chi connectivity index (χ0n) is 12.7. The standard InChI is InChI=1S/C14H19F3N2O2S/c1-8(18-11(21)9-6-5-7-22-9)10(20)19-12(13(2,3)4)14(15,16)17/h5-8,12H,1-4H3,(H,18,21)(H,19,20)/t8-,12+/m1/s1. The summed E-state index contributed by atoms with van der Waals surface area (Å²) in [6.45, 7) is 5.51. The van der Waals surface area contributed by atoms with Crippen molar-refractivity contribution >= 4 is 23.2 Å². The SMILES string of the molecule is C[C@@H](NC(=O)c1cccs1)C(=O)N[C@@H](C(C)(C)C)C(F)(F)F. The highest BCUT2D eigenvalue weighted by Gasteiger charge is 2.48. The molecule has 0 aliphatic carbocycles. The Hall–Kier alpha value is -1.57. The first-order chi connectivity index (χ1) is 9.93. The van der Waals surface area contributed by atoms with Crippen LogP contribution in [-0.4, -0.2) is 30.1 Å². The third-order valence-electron chi connectivity index (χ3n) is 2.97. The zero-order chi connectivity index (χ0) is 17.1. The summed E-state index contributed by atoms with van der Waals surface area (Å²) in [6.07, 6.45) is -4.56. The van der Waals surface area contributed by atoms with Crippen LogP contribution in [0.1, 0.15) is 37.4 Å². The van der Waals surface area contributed by atoms with Crippen LogP contribution in [0, 0.1) is 5.41 Å². The number of thiophene rings is 1. The van der Waals surface area contributed by atoms with Gasteiger partial charge in [-0.25, -0.2) is 0 Å². The number of nitrogens with one attached hydrogen (secondary N) is 2. The molecule has 0 aliphatic rings. The van der Waals surface area contributed by atoms with Gasteiger partial charge in [-0.2, -0.15) is 13.2 Å². The number of halogens is 3. The monoisotopic (exact) mass is 336 g/mol. The molecule has 0 radical (unpaired) electrons. The molecule has 8 heteroatoms. The number of amides is 2. The van der Waals surface area contributed by atoms with Crippen molar-refractivity contribution in [3.63, 3.8) is 0 Å². The Bertz CT molecular complexity index is 507. The van der Waals surface area contributed by atoms with Crippen LogP contribution in [0.3, 0.4) is 0 Å². The van der Waals surface area contributed by atoms with Gasteiger partial charge in [0.05, 0.1) is 4.88 Å². The van der Waals surface area contributed by atoms with Crippen LogP contribution in [0.2, 0.25) is 0 Å². The lowest BCUT2D eigenvalue weighted by atomic mass is 9.86. The number of carbonyl (C=O) groups excluding carboxylic acids is 2. The number of carbonyl (C=O) groups is 2. The van der Waals surface area contributed by atoms with Crippen LogP contribution in [-0.2, 0) is 4.79 Å². The van der Waals surface area contributed by atoms with Crippen LogP contribution in [0.15, 0.2) is 17.5 Å². The molecule has 0 aromatic carbocycles. The van der Waals surface area contributed by atoms with Crippen LogP contribution in [0.4, 0.5) is 13.2 Å². The number of hydrogen-bond acceptors (Lipinski definition) is 3. The summed E-state index contributed by atoms with van der Waals surface area (Å²) in [5, 5.41) is 6.05. The zero-order valence-corrected chi connectivity index (χ0v) is 13.6. The van der Waals surface area contributed by atoms with Crippen molar-refractivity contribution < 1.29 is 22.8 Å². The molecule has 1 aromatic heterocycles. The molecule has 0 saturated heterocycles. The summed E-state index contributed by atoms with van der Waals surface area (Å²) in [6, 6.07) is 0.178. The summed E-state index contributed by atoms with van der Waals surface area (Å²) in [5.74, 6) is -1.36. The molecule has 0 bridgehead atoms. The van der Waals surface area contributed by atoms with Crippen molar-refractivity contribution in [3.8, 4) is 0 Å². The van der Waals surface area contributed by atoms with Gasteiger partial charge in [0.1, 0.15) is 12.1 Å². The van der Waals surface area contributed by atoms with Gasteiger partial charge in [-0.3, -0.25) is 9.59 Å². The molecular formula is C14H19F3N2O2S. The molecule has 124 valence electrons. The van der Waals surface area contributed by atoms with E-state index in [1.54, 1.807) is 17.5 Å². The van der Waals surface area contributed by atoms with Gasteiger partial charge in [0, 0.05) is 0 Å². The van der Waals surface area contributed by atoms with E-state index in [1.165, 1.54) is 39.0 Å². The Balaban J connectivity index is 2.72.